The minimum atomic E-state index is -0.435. The Morgan fingerprint density at radius 3 is 2.45 bits per heavy atom. The highest BCUT2D eigenvalue weighted by Gasteiger charge is 2.23. The number of nitro groups is 1. The van der Waals surface area contributed by atoms with E-state index < -0.39 is 4.92 Å². The molecule has 8 heteroatoms. The molecule has 1 aliphatic rings. The molecule has 122 valence electrons. The number of non-ortho nitro benzene ring substituents is 1. The van der Waals surface area contributed by atoms with E-state index in [1.807, 2.05) is 4.90 Å². The van der Waals surface area contributed by atoms with E-state index in [1.54, 1.807) is 19.2 Å². The Kier molecular flexibility index (Phi) is 7.07. The molecule has 0 radical (unpaired) electrons. The Hall–Kier alpha value is -1.86. The van der Waals surface area contributed by atoms with E-state index >= 15 is 0 Å². The second kappa shape index (κ2) is 8.55. The van der Waals surface area contributed by atoms with E-state index in [9.17, 15) is 14.9 Å². The molecule has 0 unspecified atom stereocenters. The van der Waals surface area contributed by atoms with Gasteiger partial charge in [0.1, 0.15) is 11.9 Å². The molecule has 0 aliphatic carbocycles. The number of benzene rings is 1. The van der Waals surface area contributed by atoms with Crippen LogP contribution in [-0.4, -0.2) is 48.5 Å². The smallest absolute Gasteiger partial charge is 0.269 e. The van der Waals surface area contributed by atoms with Crippen molar-refractivity contribution in [1.82, 2.24) is 10.2 Å². The largest absolute Gasteiger partial charge is 0.490 e. The first-order valence-corrected chi connectivity index (χ1v) is 6.93. The van der Waals surface area contributed by atoms with Crippen LogP contribution >= 0.6 is 12.4 Å². The Morgan fingerprint density at radius 2 is 1.95 bits per heavy atom. The van der Waals surface area contributed by atoms with Crippen molar-refractivity contribution in [3.05, 3.63) is 34.4 Å². The Bertz CT molecular complexity index is 501. The minimum absolute atomic E-state index is 0. The Balaban J connectivity index is 0.00000242. The van der Waals surface area contributed by atoms with Crippen LogP contribution in [0.1, 0.15) is 12.8 Å². The molecule has 1 fully saturated rings. The second-order valence-corrected chi connectivity index (χ2v) is 4.98. The number of amides is 1. The number of hydrogen-bond donors (Lipinski definition) is 1. The van der Waals surface area contributed by atoms with E-state index in [-0.39, 0.29) is 30.1 Å². The molecule has 1 aromatic rings. The van der Waals surface area contributed by atoms with Crippen LogP contribution in [-0.2, 0) is 4.79 Å². The molecular weight excluding hydrogens is 310 g/mol. The van der Waals surface area contributed by atoms with Gasteiger partial charge in [-0.25, -0.2) is 0 Å². The number of ether oxygens (including phenoxy) is 1. The molecule has 0 saturated carbocycles. The lowest BCUT2D eigenvalue weighted by atomic mass is 10.1. The van der Waals surface area contributed by atoms with Gasteiger partial charge in [-0.2, -0.15) is 0 Å². The lowest BCUT2D eigenvalue weighted by molar-refractivity contribution is -0.384. The van der Waals surface area contributed by atoms with Gasteiger partial charge >= 0.3 is 0 Å². The van der Waals surface area contributed by atoms with Crippen molar-refractivity contribution in [1.29, 1.82) is 0 Å². The predicted octanol–water partition coefficient (Wildman–Crippen LogP) is 1.61. The normalized spacial score (nSPS) is 15.0. The van der Waals surface area contributed by atoms with E-state index in [0.29, 0.717) is 25.4 Å². The number of nitrogens with one attached hydrogen (secondary N) is 1. The van der Waals surface area contributed by atoms with E-state index in [1.165, 1.54) is 12.1 Å². The third-order valence-corrected chi connectivity index (χ3v) is 3.47. The maximum atomic E-state index is 11.7. The van der Waals surface area contributed by atoms with Crippen molar-refractivity contribution in [2.75, 3.05) is 26.7 Å². The zero-order chi connectivity index (χ0) is 15.2. The molecule has 1 N–H and O–H groups in total. The fourth-order valence-electron chi connectivity index (χ4n) is 2.32. The van der Waals surface area contributed by atoms with Crippen LogP contribution in [0, 0.1) is 10.1 Å². The summed E-state index contributed by atoms with van der Waals surface area (Å²) in [6.45, 7) is 1.71. The summed E-state index contributed by atoms with van der Waals surface area (Å²) in [6, 6.07) is 6.08. The Labute approximate surface area is 135 Å². The quantitative estimate of drug-likeness (QED) is 0.655. The molecule has 1 amide bonds. The summed E-state index contributed by atoms with van der Waals surface area (Å²) in [7, 11) is 1.75. The average molecular weight is 330 g/mol. The van der Waals surface area contributed by atoms with Crippen LogP contribution in [0.25, 0.3) is 0 Å². The molecule has 22 heavy (non-hydrogen) atoms. The van der Waals surface area contributed by atoms with Gasteiger partial charge in [0.2, 0.25) is 5.91 Å². The summed E-state index contributed by atoms with van der Waals surface area (Å²) in [5.74, 6) is 0.729. The van der Waals surface area contributed by atoms with Crippen LogP contribution < -0.4 is 10.1 Å². The number of carbonyl (C=O) groups is 1. The van der Waals surface area contributed by atoms with E-state index in [2.05, 4.69) is 5.32 Å². The van der Waals surface area contributed by atoms with Gasteiger partial charge in [-0.1, -0.05) is 0 Å². The maximum absolute atomic E-state index is 11.7. The fraction of sp³-hybridized carbons (Fsp3) is 0.500. The van der Waals surface area contributed by atoms with Crippen molar-refractivity contribution in [3.8, 4) is 5.75 Å². The van der Waals surface area contributed by atoms with Gasteiger partial charge < -0.3 is 15.0 Å². The summed E-state index contributed by atoms with van der Waals surface area (Å²) in [6.07, 6.45) is 1.59. The zero-order valence-corrected chi connectivity index (χ0v) is 13.2. The second-order valence-electron chi connectivity index (χ2n) is 4.98. The zero-order valence-electron chi connectivity index (χ0n) is 12.4. The first-order valence-electron chi connectivity index (χ1n) is 6.93. The SMILES string of the molecule is CNCC(=O)N1CCC(Oc2ccc([N+](=O)[O-])cc2)CC1.Cl. The van der Waals surface area contributed by atoms with Gasteiger partial charge in [-0.15, -0.1) is 12.4 Å². The van der Waals surface area contributed by atoms with Crippen molar-refractivity contribution >= 4 is 24.0 Å². The molecule has 0 atom stereocenters. The number of halogens is 1. The van der Waals surface area contributed by atoms with Gasteiger partial charge in [0.25, 0.3) is 5.69 Å². The van der Waals surface area contributed by atoms with Crippen LogP contribution in [0.5, 0.6) is 5.75 Å². The van der Waals surface area contributed by atoms with Crippen molar-refractivity contribution in [3.63, 3.8) is 0 Å². The van der Waals surface area contributed by atoms with E-state index in [0.717, 1.165) is 12.8 Å². The average Bonchev–Trinajstić information content (AvgIpc) is 2.49. The molecule has 0 spiro atoms. The first-order chi connectivity index (χ1) is 10.1. The number of nitro benzene ring substituents is 1. The van der Waals surface area contributed by atoms with Crippen LogP contribution in [0.15, 0.2) is 24.3 Å². The molecule has 1 heterocycles. The summed E-state index contributed by atoms with van der Waals surface area (Å²) < 4.78 is 5.80. The molecule has 0 bridgehead atoms. The summed E-state index contributed by atoms with van der Waals surface area (Å²) in [5.41, 5.74) is 0.0508. The lowest BCUT2D eigenvalue weighted by Gasteiger charge is -2.32. The molecule has 2 rings (SSSR count). The van der Waals surface area contributed by atoms with Gasteiger partial charge in [-0.3, -0.25) is 14.9 Å². The van der Waals surface area contributed by atoms with Crippen molar-refractivity contribution in [2.45, 2.75) is 18.9 Å². The van der Waals surface area contributed by atoms with Crippen molar-refractivity contribution in [2.24, 2.45) is 0 Å². The number of likely N-dealkylation sites (N-methyl/N-ethyl adjacent to an activating group) is 1. The molecule has 0 aromatic heterocycles. The fourth-order valence-corrected chi connectivity index (χ4v) is 2.32. The summed E-state index contributed by atoms with van der Waals surface area (Å²) in [4.78, 5) is 23.7. The number of carbonyl (C=O) groups excluding carboxylic acids is 1. The monoisotopic (exact) mass is 329 g/mol. The lowest BCUT2D eigenvalue weighted by Crippen LogP contribution is -2.44. The van der Waals surface area contributed by atoms with Gasteiger partial charge in [-0.05, 0) is 19.2 Å². The van der Waals surface area contributed by atoms with Gasteiger partial charge in [0, 0.05) is 38.1 Å². The number of likely N-dealkylation sites (tertiary alicyclic amines) is 1. The summed E-state index contributed by atoms with van der Waals surface area (Å²) in [5, 5.41) is 13.4. The molecular formula is C14H20ClN3O4. The molecule has 1 aliphatic heterocycles. The van der Waals surface area contributed by atoms with Crippen molar-refractivity contribution < 1.29 is 14.5 Å². The third-order valence-electron chi connectivity index (χ3n) is 3.47. The summed E-state index contributed by atoms with van der Waals surface area (Å²) >= 11 is 0. The first kappa shape index (κ1) is 18.2. The topological polar surface area (TPSA) is 84.7 Å². The maximum Gasteiger partial charge on any atom is 0.269 e. The number of hydrogen-bond acceptors (Lipinski definition) is 5. The predicted molar refractivity (Wildman–Crippen MR) is 84.5 cm³/mol. The highest BCUT2D eigenvalue weighted by Crippen LogP contribution is 2.21. The Morgan fingerprint density at radius 1 is 1.36 bits per heavy atom. The van der Waals surface area contributed by atoms with Crippen LogP contribution in [0.4, 0.5) is 5.69 Å². The van der Waals surface area contributed by atoms with Gasteiger partial charge in [0.15, 0.2) is 0 Å². The molecule has 1 saturated heterocycles. The minimum Gasteiger partial charge on any atom is -0.490 e. The molecule has 1 aromatic carbocycles. The standard InChI is InChI=1S/C14H19N3O4.ClH/c1-15-10-14(18)16-8-6-13(7-9-16)21-12-4-2-11(3-5-12)17(19)20;/h2-5,13,15H,6-10H2,1H3;1H. The molecule has 7 nitrogen and oxygen atoms in total. The number of rotatable bonds is 5. The van der Waals surface area contributed by atoms with E-state index in [4.69, 9.17) is 4.74 Å². The third kappa shape index (κ3) is 4.85. The highest BCUT2D eigenvalue weighted by molar-refractivity contribution is 5.85. The van der Waals surface area contributed by atoms with Gasteiger partial charge in [0.05, 0.1) is 11.5 Å². The van der Waals surface area contributed by atoms with Crippen LogP contribution in [0.2, 0.25) is 0 Å². The van der Waals surface area contributed by atoms with Crippen LogP contribution in [0.3, 0.4) is 0 Å². The highest BCUT2D eigenvalue weighted by atomic mass is 35.5. The number of nitrogens with zero attached hydrogens (tertiary/aromatic N) is 2. The number of piperidine rings is 1.